The molecule has 1 unspecified atom stereocenters. The highest BCUT2D eigenvalue weighted by atomic mass is 35.5. The molecule has 1 fully saturated rings. The number of halogens is 1. The Hall–Kier alpha value is -1.92. The van der Waals surface area contributed by atoms with Crippen LogP contribution in [0, 0.1) is 0 Å². The maximum absolute atomic E-state index is 11.7. The van der Waals surface area contributed by atoms with Crippen molar-refractivity contribution >= 4 is 18.3 Å². The second-order valence-electron chi connectivity index (χ2n) is 6.14. The van der Waals surface area contributed by atoms with Gasteiger partial charge in [-0.15, -0.1) is 12.4 Å². The van der Waals surface area contributed by atoms with Gasteiger partial charge in [-0.25, -0.2) is 0 Å². The molecule has 6 nitrogen and oxygen atoms in total. The van der Waals surface area contributed by atoms with Crippen molar-refractivity contribution in [3.8, 4) is 11.3 Å². The lowest BCUT2D eigenvalue weighted by Gasteiger charge is -2.21. The summed E-state index contributed by atoms with van der Waals surface area (Å²) >= 11 is 0. The molecule has 3 heterocycles. The summed E-state index contributed by atoms with van der Waals surface area (Å²) in [6.45, 7) is 4.51. The Balaban J connectivity index is 0.00000208. The van der Waals surface area contributed by atoms with Crippen LogP contribution in [0.3, 0.4) is 0 Å². The van der Waals surface area contributed by atoms with E-state index < -0.39 is 0 Å². The van der Waals surface area contributed by atoms with Gasteiger partial charge in [0.25, 0.3) is 0 Å². The van der Waals surface area contributed by atoms with Crippen LogP contribution in [0.5, 0.6) is 0 Å². The highest BCUT2D eigenvalue weighted by Gasteiger charge is 2.21. The summed E-state index contributed by atoms with van der Waals surface area (Å²) in [5.41, 5.74) is 3.20. The van der Waals surface area contributed by atoms with E-state index in [9.17, 15) is 4.79 Å². The molecule has 0 aromatic carbocycles. The lowest BCUT2D eigenvalue weighted by molar-refractivity contribution is -0.127. The maximum Gasteiger partial charge on any atom is 0.222 e. The Morgan fingerprint density at radius 1 is 1.33 bits per heavy atom. The number of pyridine rings is 1. The predicted molar refractivity (Wildman–Crippen MR) is 95.8 cm³/mol. The van der Waals surface area contributed by atoms with E-state index in [0.717, 1.165) is 42.9 Å². The van der Waals surface area contributed by atoms with Gasteiger partial charge in [0.15, 0.2) is 0 Å². The van der Waals surface area contributed by atoms with E-state index in [4.69, 9.17) is 0 Å². The molecule has 0 radical (unpaired) electrons. The Bertz CT molecular complexity index is 673. The SMILES string of the molecule is CC(CN1CCCC1=O)NCc1cn(C)nc1-c1ccncc1.Cl. The van der Waals surface area contributed by atoms with Gasteiger partial charge in [-0.2, -0.15) is 5.10 Å². The van der Waals surface area contributed by atoms with Crippen LogP contribution in [0.4, 0.5) is 0 Å². The zero-order valence-corrected chi connectivity index (χ0v) is 14.9. The van der Waals surface area contributed by atoms with E-state index in [1.54, 1.807) is 12.4 Å². The third-order valence-electron chi connectivity index (χ3n) is 4.16. The zero-order valence-electron chi connectivity index (χ0n) is 14.1. The van der Waals surface area contributed by atoms with E-state index in [-0.39, 0.29) is 24.4 Å². The minimum Gasteiger partial charge on any atom is -0.341 e. The Labute approximate surface area is 148 Å². The van der Waals surface area contributed by atoms with E-state index in [0.29, 0.717) is 6.42 Å². The molecule has 1 atom stereocenters. The lowest BCUT2D eigenvalue weighted by atomic mass is 10.1. The molecule has 1 aliphatic rings. The largest absolute Gasteiger partial charge is 0.341 e. The molecule has 0 spiro atoms. The molecule has 1 amide bonds. The van der Waals surface area contributed by atoms with Crippen molar-refractivity contribution in [2.45, 2.75) is 32.4 Å². The Morgan fingerprint density at radius 2 is 2.08 bits per heavy atom. The number of carbonyl (C=O) groups excluding carboxylic acids is 1. The van der Waals surface area contributed by atoms with Crippen molar-refractivity contribution in [1.29, 1.82) is 0 Å². The second-order valence-corrected chi connectivity index (χ2v) is 6.14. The first-order chi connectivity index (χ1) is 11.1. The molecule has 1 saturated heterocycles. The van der Waals surface area contributed by atoms with Crippen molar-refractivity contribution in [2.24, 2.45) is 7.05 Å². The van der Waals surface area contributed by atoms with Gasteiger partial charge in [-0.1, -0.05) is 0 Å². The van der Waals surface area contributed by atoms with Gasteiger partial charge in [-0.3, -0.25) is 14.5 Å². The lowest BCUT2D eigenvalue weighted by Crippen LogP contribution is -2.39. The topological polar surface area (TPSA) is 63.1 Å². The van der Waals surface area contributed by atoms with Crippen LogP contribution in [0.15, 0.2) is 30.7 Å². The smallest absolute Gasteiger partial charge is 0.222 e. The molecule has 1 aliphatic heterocycles. The number of hydrogen-bond acceptors (Lipinski definition) is 4. The van der Waals surface area contributed by atoms with Crippen molar-refractivity contribution in [3.05, 3.63) is 36.3 Å². The fourth-order valence-corrected chi connectivity index (χ4v) is 3.00. The third kappa shape index (κ3) is 4.33. The highest BCUT2D eigenvalue weighted by Crippen LogP contribution is 2.21. The molecule has 2 aromatic rings. The molecule has 130 valence electrons. The van der Waals surface area contributed by atoms with Crippen LogP contribution in [-0.2, 0) is 18.4 Å². The van der Waals surface area contributed by atoms with E-state index >= 15 is 0 Å². The zero-order chi connectivity index (χ0) is 16.2. The maximum atomic E-state index is 11.7. The van der Waals surface area contributed by atoms with E-state index in [1.165, 1.54) is 0 Å². The van der Waals surface area contributed by atoms with Crippen LogP contribution in [0.25, 0.3) is 11.3 Å². The summed E-state index contributed by atoms with van der Waals surface area (Å²) in [6.07, 6.45) is 7.28. The standard InChI is InChI=1S/C17H23N5O.ClH/c1-13(11-22-9-3-4-16(22)23)19-10-15-12-21(2)20-17(15)14-5-7-18-8-6-14;/h5-8,12-13,19H,3-4,9-11H2,1-2H3;1H. The van der Waals surface area contributed by atoms with Gasteiger partial charge in [0.2, 0.25) is 5.91 Å². The summed E-state index contributed by atoms with van der Waals surface area (Å²) < 4.78 is 1.83. The van der Waals surface area contributed by atoms with Gasteiger partial charge in [-0.05, 0) is 25.5 Å². The molecular formula is C17H24ClN5O. The Morgan fingerprint density at radius 3 is 2.75 bits per heavy atom. The minimum absolute atomic E-state index is 0. The Kier molecular flexibility index (Phi) is 6.34. The number of hydrogen-bond donors (Lipinski definition) is 1. The average molecular weight is 350 g/mol. The first-order valence-corrected chi connectivity index (χ1v) is 8.07. The monoisotopic (exact) mass is 349 g/mol. The van der Waals surface area contributed by atoms with Crippen molar-refractivity contribution in [1.82, 2.24) is 25.0 Å². The molecular weight excluding hydrogens is 326 g/mol. The number of amides is 1. The van der Waals surface area contributed by atoms with Crippen molar-refractivity contribution < 1.29 is 4.79 Å². The van der Waals surface area contributed by atoms with Gasteiger partial charge in [0, 0.05) is 68.9 Å². The normalized spacial score (nSPS) is 15.4. The highest BCUT2D eigenvalue weighted by molar-refractivity contribution is 5.85. The van der Waals surface area contributed by atoms with Crippen LogP contribution < -0.4 is 5.32 Å². The number of carbonyl (C=O) groups is 1. The van der Waals surface area contributed by atoms with E-state index in [2.05, 4.69) is 22.3 Å². The van der Waals surface area contributed by atoms with Crippen molar-refractivity contribution in [3.63, 3.8) is 0 Å². The number of likely N-dealkylation sites (tertiary alicyclic amines) is 1. The molecule has 24 heavy (non-hydrogen) atoms. The molecule has 0 saturated carbocycles. The summed E-state index contributed by atoms with van der Waals surface area (Å²) in [7, 11) is 1.93. The molecule has 3 rings (SSSR count). The average Bonchev–Trinajstić information content (AvgIpc) is 3.12. The van der Waals surface area contributed by atoms with Crippen LogP contribution in [0.1, 0.15) is 25.3 Å². The molecule has 7 heteroatoms. The number of nitrogens with zero attached hydrogens (tertiary/aromatic N) is 4. The summed E-state index contributed by atoms with van der Waals surface area (Å²) in [5, 5.41) is 8.07. The number of rotatable bonds is 6. The number of aryl methyl sites for hydroxylation is 1. The summed E-state index contributed by atoms with van der Waals surface area (Å²) in [5.74, 6) is 0.275. The third-order valence-corrected chi connectivity index (χ3v) is 4.16. The molecule has 2 aromatic heterocycles. The molecule has 1 N–H and O–H groups in total. The second kappa shape index (κ2) is 8.26. The first kappa shape index (κ1) is 18.4. The molecule has 0 aliphatic carbocycles. The van der Waals surface area contributed by atoms with Crippen LogP contribution >= 0.6 is 12.4 Å². The van der Waals surface area contributed by atoms with Crippen LogP contribution in [0.2, 0.25) is 0 Å². The van der Waals surface area contributed by atoms with Gasteiger partial charge < -0.3 is 10.2 Å². The quantitative estimate of drug-likeness (QED) is 0.866. The first-order valence-electron chi connectivity index (χ1n) is 8.07. The fraction of sp³-hybridized carbons (Fsp3) is 0.471. The van der Waals surface area contributed by atoms with Crippen molar-refractivity contribution in [2.75, 3.05) is 13.1 Å². The van der Waals surface area contributed by atoms with Gasteiger partial charge >= 0.3 is 0 Å². The minimum atomic E-state index is 0. The number of nitrogens with one attached hydrogen (secondary N) is 1. The summed E-state index contributed by atoms with van der Waals surface area (Å²) in [6, 6.07) is 4.19. The summed E-state index contributed by atoms with van der Waals surface area (Å²) in [4.78, 5) is 17.7. The number of aromatic nitrogens is 3. The fourth-order valence-electron chi connectivity index (χ4n) is 3.00. The van der Waals surface area contributed by atoms with Gasteiger partial charge in [0.1, 0.15) is 0 Å². The predicted octanol–water partition coefficient (Wildman–Crippen LogP) is 2.00. The van der Waals surface area contributed by atoms with Gasteiger partial charge in [0.05, 0.1) is 5.69 Å². The van der Waals surface area contributed by atoms with E-state index in [1.807, 2.05) is 35.0 Å². The van der Waals surface area contributed by atoms with Crippen LogP contribution in [-0.4, -0.2) is 44.7 Å². The molecule has 0 bridgehead atoms.